The molecule has 0 aliphatic carbocycles. The number of nitrogens with zero attached hydrogens (tertiary/aromatic N) is 1. The first-order valence-electron chi connectivity index (χ1n) is 5.73. The maximum absolute atomic E-state index is 12.6. The summed E-state index contributed by atoms with van der Waals surface area (Å²) in [5.41, 5.74) is 0.193. The third-order valence-corrected chi connectivity index (χ3v) is 2.34. The van der Waals surface area contributed by atoms with E-state index >= 15 is 0 Å². The number of halogens is 1. The van der Waals surface area contributed by atoms with E-state index in [1.807, 2.05) is 0 Å². The second-order valence-corrected chi connectivity index (χ2v) is 3.85. The van der Waals surface area contributed by atoms with Crippen LogP contribution in [0, 0.1) is 5.95 Å². The largest absolute Gasteiger partial charge is 0.383 e. The first-order chi connectivity index (χ1) is 9.04. The van der Waals surface area contributed by atoms with Gasteiger partial charge in [-0.3, -0.25) is 9.59 Å². The normalized spacial score (nSPS) is 11.7. The van der Waals surface area contributed by atoms with Crippen LogP contribution in [0.5, 0.6) is 0 Å². The summed E-state index contributed by atoms with van der Waals surface area (Å²) in [5, 5.41) is 5.08. The van der Waals surface area contributed by atoms with Crippen molar-refractivity contribution in [2.75, 3.05) is 20.3 Å². The molecule has 2 N–H and O–H groups in total. The van der Waals surface area contributed by atoms with Crippen LogP contribution in [0.1, 0.15) is 17.3 Å². The third kappa shape index (κ3) is 5.01. The lowest BCUT2D eigenvalue weighted by atomic mass is 10.2. The van der Waals surface area contributed by atoms with Crippen molar-refractivity contribution in [3.05, 3.63) is 29.8 Å². The van der Waals surface area contributed by atoms with Crippen LogP contribution in [0.15, 0.2) is 18.3 Å². The van der Waals surface area contributed by atoms with Gasteiger partial charge in [-0.05, 0) is 19.1 Å². The number of pyridine rings is 1. The van der Waals surface area contributed by atoms with Crippen molar-refractivity contribution < 1.29 is 18.7 Å². The second-order valence-electron chi connectivity index (χ2n) is 3.85. The van der Waals surface area contributed by atoms with Gasteiger partial charge in [0.05, 0.1) is 12.2 Å². The van der Waals surface area contributed by atoms with Crippen molar-refractivity contribution >= 4 is 11.8 Å². The summed E-state index contributed by atoms with van der Waals surface area (Å²) in [6, 6.07) is 1.68. The van der Waals surface area contributed by atoms with Gasteiger partial charge in [-0.25, -0.2) is 4.98 Å². The molecule has 1 aromatic rings. The van der Waals surface area contributed by atoms with Gasteiger partial charge in [0.1, 0.15) is 6.04 Å². The molecule has 0 saturated heterocycles. The van der Waals surface area contributed by atoms with E-state index < -0.39 is 17.9 Å². The zero-order chi connectivity index (χ0) is 14.3. The molecule has 1 rings (SSSR count). The van der Waals surface area contributed by atoms with Crippen LogP contribution < -0.4 is 10.6 Å². The molecule has 0 radical (unpaired) electrons. The van der Waals surface area contributed by atoms with Gasteiger partial charge < -0.3 is 15.4 Å². The predicted molar refractivity (Wildman–Crippen MR) is 66.0 cm³/mol. The van der Waals surface area contributed by atoms with Crippen LogP contribution in [-0.4, -0.2) is 43.1 Å². The number of ether oxygens (including phenoxy) is 1. The highest BCUT2D eigenvalue weighted by Crippen LogP contribution is 1.99. The summed E-state index contributed by atoms with van der Waals surface area (Å²) < 4.78 is 17.4. The van der Waals surface area contributed by atoms with Crippen molar-refractivity contribution in [2.45, 2.75) is 13.0 Å². The fourth-order valence-corrected chi connectivity index (χ4v) is 1.29. The molecular weight excluding hydrogens is 253 g/mol. The van der Waals surface area contributed by atoms with E-state index in [0.29, 0.717) is 13.2 Å². The Labute approximate surface area is 110 Å². The molecule has 0 fully saturated rings. The van der Waals surface area contributed by atoms with E-state index in [0.717, 1.165) is 12.3 Å². The Morgan fingerprint density at radius 1 is 1.47 bits per heavy atom. The zero-order valence-electron chi connectivity index (χ0n) is 10.8. The van der Waals surface area contributed by atoms with E-state index in [4.69, 9.17) is 4.74 Å². The van der Waals surface area contributed by atoms with Gasteiger partial charge in [-0.15, -0.1) is 0 Å². The smallest absolute Gasteiger partial charge is 0.253 e. The molecule has 6 nitrogen and oxygen atoms in total. The van der Waals surface area contributed by atoms with Gasteiger partial charge in [0.2, 0.25) is 11.9 Å². The molecule has 104 valence electrons. The maximum atomic E-state index is 12.6. The first-order valence-corrected chi connectivity index (χ1v) is 5.73. The molecule has 0 aliphatic heterocycles. The molecule has 0 aromatic carbocycles. The van der Waals surface area contributed by atoms with Gasteiger partial charge in [0, 0.05) is 19.9 Å². The van der Waals surface area contributed by atoms with Crippen molar-refractivity contribution in [3.63, 3.8) is 0 Å². The Morgan fingerprint density at radius 2 is 2.21 bits per heavy atom. The summed E-state index contributed by atoms with van der Waals surface area (Å²) in [4.78, 5) is 26.7. The zero-order valence-corrected chi connectivity index (χ0v) is 10.8. The molecule has 0 bridgehead atoms. The number of nitrogens with one attached hydrogen (secondary N) is 2. The number of hydrogen-bond donors (Lipinski definition) is 2. The molecular formula is C12H16FN3O3. The Morgan fingerprint density at radius 3 is 2.79 bits per heavy atom. The Kier molecular flexibility index (Phi) is 5.87. The topological polar surface area (TPSA) is 80.3 Å². The number of hydrogen-bond acceptors (Lipinski definition) is 4. The van der Waals surface area contributed by atoms with Gasteiger partial charge in [0.15, 0.2) is 0 Å². The van der Waals surface area contributed by atoms with Crippen LogP contribution in [0.3, 0.4) is 0 Å². The summed E-state index contributed by atoms with van der Waals surface area (Å²) in [6.07, 6.45) is 1.11. The van der Waals surface area contributed by atoms with Crippen molar-refractivity contribution in [1.82, 2.24) is 15.6 Å². The van der Waals surface area contributed by atoms with E-state index in [-0.39, 0.29) is 11.5 Å². The van der Waals surface area contributed by atoms with Crippen LogP contribution in [0.25, 0.3) is 0 Å². The van der Waals surface area contributed by atoms with Crippen molar-refractivity contribution in [1.29, 1.82) is 0 Å². The standard InChI is InChI=1S/C12H16FN3O3/c1-8(11(17)14-5-6-19-2)16-12(18)9-3-4-10(13)15-7-9/h3-4,7-8H,5-6H2,1-2H3,(H,14,17)(H,16,18). The van der Waals surface area contributed by atoms with Crippen LogP contribution >= 0.6 is 0 Å². The molecule has 7 heteroatoms. The fraction of sp³-hybridized carbons (Fsp3) is 0.417. The quantitative estimate of drug-likeness (QED) is 0.567. The summed E-state index contributed by atoms with van der Waals surface area (Å²) in [5.74, 6) is -1.47. The van der Waals surface area contributed by atoms with Gasteiger partial charge in [-0.2, -0.15) is 4.39 Å². The molecule has 1 aromatic heterocycles. The van der Waals surface area contributed by atoms with E-state index in [1.54, 1.807) is 6.92 Å². The first kappa shape index (κ1) is 15.0. The van der Waals surface area contributed by atoms with Gasteiger partial charge >= 0.3 is 0 Å². The van der Waals surface area contributed by atoms with Crippen LogP contribution in [0.2, 0.25) is 0 Å². The Hall–Kier alpha value is -2.02. The average Bonchev–Trinajstić information content (AvgIpc) is 2.39. The highest BCUT2D eigenvalue weighted by atomic mass is 19.1. The second kappa shape index (κ2) is 7.42. The lowest BCUT2D eigenvalue weighted by Gasteiger charge is -2.13. The average molecular weight is 269 g/mol. The number of carbonyl (C=O) groups excluding carboxylic acids is 2. The number of amides is 2. The monoisotopic (exact) mass is 269 g/mol. The number of methoxy groups -OCH3 is 1. The van der Waals surface area contributed by atoms with Crippen LogP contribution in [0.4, 0.5) is 4.39 Å². The summed E-state index contributed by atoms with van der Waals surface area (Å²) in [7, 11) is 1.53. The number of carbonyl (C=O) groups is 2. The van der Waals surface area contributed by atoms with E-state index in [1.165, 1.54) is 13.2 Å². The third-order valence-electron chi connectivity index (χ3n) is 2.34. The minimum Gasteiger partial charge on any atom is -0.383 e. The Balaban J connectivity index is 2.47. The summed E-state index contributed by atoms with van der Waals surface area (Å²) >= 11 is 0. The number of rotatable bonds is 6. The predicted octanol–water partition coefficient (Wildman–Crippen LogP) is 0.102. The molecule has 0 spiro atoms. The molecule has 0 aliphatic rings. The molecule has 2 amide bonds. The van der Waals surface area contributed by atoms with Crippen LogP contribution in [-0.2, 0) is 9.53 Å². The molecule has 19 heavy (non-hydrogen) atoms. The minimum absolute atomic E-state index is 0.193. The molecule has 1 atom stereocenters. The molecule has 0 saturated carbocycles. The maximum Gasteiger partial charge on any atom is 0.253 e. The lowest BCUT2D eigenvalue weighted by Crippen LogP contribution is -2.45. The SMILES string of the molecule is COCCNC(=O)C(C)NC(=O)c1ccc(F)nc1. The van der Waals surface area contributed by atoms with Gasteiger partial charge in [0.25, 0.3) is 5.91 Å². The highest BCUT2D eigenvalue weighted by molar-refractivity contribution is 5.97. The fourth-order valence-electron chi connectivity index (χ4n) is 1.29. The van der Waals surface area contributed by atoms with Gasteiger partial charge in [-0.1, -0.05) is 0 Å². The lowest BCUT2D eigenvalue weighted by molar-refractivity contribution is -0.122. The number of aromatic nitrogens is 1. The minimum atomic E-state index is -0.700. The molecule has 1 heterocycles. The highest BCUT2D eigenvalue weighted by Gasteiger charge is 2.16. The van der Waals surface area contributed by atoms with E-state index in [9.17, 15) is 14.0 Å². The molecule has 1 unspecified atom stereocenters. The van der Waals surface area contributed by atoms with Crippen molar-refractivity contribution in [3.8, 4) is 0 Å². The Bertz CT molecular complexity index is 436. The van der Waals surface area contributed by atoms with Crippen molar-refractivity contribution in [2.24, 2.45) is 0 Å². The van der Waals surface area contributed by atoms with E-state index in [2.05, 4.69) is 15.6 Å². The summed E-state index contributed by atoms with van der Waals surface area (Å²) in [6.45, 7) is 2.32.